The smallest absolute Gasteiger partial charge is 0.410 e. The number of rotatable bonds is 5. The molecule has 0 spiro atoms. The Kier molecular flexibility index (Phi) is 5.29. The Hall–Kier alpha value is -3.27. The van der Waals surface area contributed by atoms with E-state index in [9.17, 15) is 4.79 Å². The Morgan fingerprint density at radius 3 is 2.50 bits per heavy atom. The predicted molar refractivity (Wildman–Crippen MR) is 112 cm³/mol. The summed E-state index contributed by atoms with van der Waals surface area (Å²) in [6, 6.07) is 26.1. The van der Waals surface area contributed by atoms with Crippen molar-refractivity contribution in [2.24, 2.45) is 0 Å². The van der Waals surface area contributed by atoms with E-state index in [4.69, 9.17) is 4.74 Å². The second-order valence-electron chi connectivity index (χ2n) is 7.11. The molecule has 4 rings (SSSR count). The van der Waals surface area contributed by atoms with Crippen molar-refractivity contribution in [3.63, 3.8) is 0 Å². The van der Waals surface area contributed by atoms with Crippen molar-refractivity contribution in [3.05, 3.63) is 95.6 Å². The van der Waals surface area contributed by atoms with Crippen LogP contribution in [0.15, 0.2) is 78.9 Å². The largest absolute Gasteiger partial charge is 0.413 e. The van der Waals surface area contributed by atoms with Gasteiger partial charge in [-0.1, -0.05) is 60.7 Å². The van der Waals surface area contributed by atoms with E-state index in [0.29, 0.717) is 5.75 Å². The first-order valence-corrected chi connectivity index (χ1v) is 9.64. The van der Waals surface area contributed by atoms with Gasteiger partial charge in [0.25, 0.3) is 0 Å². The van der Waals surface area contributed by atoms with Crippen LogP contribution < -0.4 is 15.0 Å². The molecule has 0 radical (unpaired) electrons. The van der Waals surface area contributed by atoms with E-state index in [0.717, 1.165) is 25.1 Å². The van der Waals surface area contributed by atoms with Crippen molar-refractivity contribution in [3.8, 4) is 5.75 Å². The summed E-state index contributed by atoms with van der Waals surface area (Å²) >= 11 is 0. The van der Waals surface area contributed by atoms with Gasteiger partial charge in [-0.2, -0.15) is 0 Å². The maximum absolute atomic E-state index is 12.3. The quantitative estimate of drug-likeness (QED) is 0.677. The van der Waals surface area contributed by atoms with Gasteiger partial charge in [-0.3, -0.25) is 0 Å². The minimum absolute atomic E-state index is 0.107. The molecule has 0 bridgehead atoms. The third-order valence-corrected chi connectivity index (χ3v) is 5.10. The van der Waals surface area contributed by atoms with Gasteiger partial charge in [0.1, 0.15) is 5.75 Å². The number of anilines is 1. The number of nitrogens with zero attached hydrogens (tertiary/aromatic N) is 1. The minimum atomic E-state index is -0.435. The molecule has 1 aliphatic heterocycles. The highest BCUT2D eigenvalue weighted by Crippen LogP contribution is 2.32. The van der Waals surface area contributed by atoms with Crippen LogP contribution in [0.2, 0.25) is 0 Å². The van der Waals surface area contributed by atoms with Crippen molar-refractivity contribution in [2.45, 2.75) is 25.9 Å². The maximum Gasteiger partial charge on any atom is 0.413 e. The van der Waals surface area contributed by atoms with E-state index < -0.39 is 6.09 Å². The molecule has 142 valence electrons. The first kappa shape index (κ1) is 18.1. The second-order valence-corrected chi connectivity index (χ2v) is 7.11. The number of hydrogen-bond acceptors (Lipinski definition) is 3. The van der Waals surface area contributed by atoms with Crippen LogP contribution in [0.3, 0.4) is 0 Å². The zero-order valence-corrected chi connectivity index (χ0v) is 16.0. The monoisotopic (exact) mass is 372 g/mol. The lowest BCUT2D eigenvalue weighted by atomic mass is 10.1. The van der Waals surface area contributed by atoms with Gasteiger partial charge in [0.15, 0.2) is 0 Å². The summed E-state index contributed by atoms with van der Waals surface area (Å²) in [5.74, 6) is 0.582. The molecule has 1 amide bonds. The number of carbonyl (C=O) groups is 1. The fourth-order valence-electron chi connectivity index (χ4n) is 3.62. The zero-order valence-electron chi connectivity index (χ0n) is 16.0. The Morgan fingerprint density at radius 2 is 1.75 bits per heavy atom. The molecule has 0 aromatic heterocycles. The van der Waals surface area contributed by atoms with Gasteiger partial charge in [-0.25, -0.2) is 4.79 Å². The lowest BCUT2D eigenvalue weighted by molar-refractivity contribution is 0.197. The molecule has 3 aromatic carbocycles. The van der Waals surface area contributed by atoms with E-state index in [1.165, 1.54) is 16.8 Å². The summed E-state index contributed by atoms with van der Waals surface area (Å²) in [5, 5.41) is 2.88. The molecular weight excluding hydrogens is 348 g/mol. The fraction of sp³-hybridized carbons (Fsp3) is 0.208. The molecule has 1 heterocycles. The van der Waals surface area contributed by atoms with Crippen LogP contribution in [0.5, 0.6) is 5.75 Å². The number of fused-ring (bicyclic) bond motifs is 1. The van der Waals surface area contributed by atoms with Crippen LogP contribution in [0.1, 0.15) is 29.7 Å². The van der Waals surface area contributed by atoms with Crippen molar-refractivity contribution in [1.82, 2.24) is 5.32 Å². The van der Waals surface area contributed by atoms with Gasteiger partial charge in [0, 0.05) is 18.8 Å². The van der Waals surface area contributed by atoms with E-state index >= 15 is 0 Å². The minimum Gasteiger partial charge on any atom is -0.410 e. The van der Waals surface area contributed by atoms with Gasteiger partial charge in [0.05, 0.1) is 6.04 Å². The van der Waals surface area contributed by atoms with Gasteiger partial charge in [-0.05, 0) is 48.2 Å². The Balaban J connectivity index is 1.39. The highest BCUT2D eigenvalue weighted by Gasteiger charge is 2.20. The number of amides is 1. The standard InChI is InChI=1S/C24H24N2O2/c1-18(20-10-6-3-7-11-20)25-24(27)28-22-12-13-23-21(16-22)14-15-26(23)17-19-8-4-2-5-9-19/h2-13,16,18H,14-15,17H2,1H3,(H,25,27)/t18-/m0/s1. The highest BCUT2D eigenvalue weighted by molar-refractivity contribution is 5.72. The molecule has 0 aliphatic carbocycles. The van der Waals surface area contributed by atoms with Gasteiger partial charge < -0.3 is 15.0 Å². The van der Waals surface area contributed by atoms with Crippen molar-refractivity contribution in [2.75, 3.05) is 11.4 Å². The van der Waals surface area contributed by atoms with Crippen molar-refractivity contribution < 1.29 is 9.53 Å². The molecule has 0 saturated carbocycles. The zero-order chi connectivity index (χ0) is 19.3. The Labute approximate surface area is 165 Å². The SMILES string of the molecule is C[C@H](NC(=O)Oc1ccc2c(c1)CCN2Cc1ccccc1)c1ccccc1. The predicted octanol–water partition coefficient (Wildman–Crippen LogP) is 5.10. The van der Waals surface area contributed by atoms with E-state index in [1.807, 2.05) is 55.5 Å². The van der Waals surface area contributed by atoms with Crippen LogP contribution in [0, 0.1) is 0 Å². The number of benzene rings is 3. The molecule has 0 unspecified atom stereocenters. The molecule has 0 saturated heterocycles. The van der Waals surface area contributed by atoms with Crippen LogP contribution in [0.4, 0.5) is 10.5 Å². The summed E-state index contributed by atoms with van der Waals surface area (Å²) in [5.41, 5.74) is 4.78. The Bertz CT molecular complexity index is 941. The fourth-order valence-corrected chi connectivity index (χ4v) is 3.62. The van der Waals surface area contributed by atoms with Crippen molar-refractivity contribution >= 4 is 11.8 Å². The van der Waals surface area contributed by atoms with Gasteiger partial charge >= 0.3 is 6.09 Å². The number of hydrogen-bond donors (Lipinski definition) is 1. The topological polar surface area (TPSA) is 41.6 Å². The molecule has 1 N–H and O–H groups in total. The van der Waals surface area contributed by atoms with E-state index in [-0.39, 0.29) is 6.04 Å². The van der Waals surface area contributed by atoms with Crippen molar-refractivity contribution in [1.29, 1.82) is 0 Å². The van der Waals surface area contributed by atoms with Crippen LogP contribution >= 0.6 is 0 Å². The number of ether oxygens (including phenoxy) is 1. The average molecular weight is 372 g/mol. The van der Waals surface area contributed by atoms with E-state index in [1.54, 1.807) is 0 Å². The molecule has 3 aromatic rings. The number of nitrogens with one attached hydrogen (secondary N) is 1. The number of carbonyl (C=O) groups excluding carboxylic acids is 1. The molecule has 1 atom stereocenters. The summed E-state index contributed by atoms with van der Waals surface area (Å²) in [4.78, 5) is 14.6. The van der Waals surface area contributed by atoms with Gasteiger partial charge in [-0.15, -0.1) is 0 Å². The van der Waals surface area contributed by atoms with Crippen LogP contribution in [-0.2, 0) is 13.0 Å². The molecule has 0 fully saturated rings. The molecule has 4 nitrogen and oxygen atoms in total. The lowest BCUT2D eigenvalue weighted by Crippen LogP contribution is -2.29. The van der Waals surface area contributed by atoms with E-state index in [2.05, 4.69) is 40.5 Å². The summed E-state index contributed by atoms with van der Waals surface area (Å²) < 4.78 is 5.52. The molecule has 1 aliphatic rings. The summed E-state index contributed by atoms with van der Waals surface area (Å²) in [6.07, 6.45) is 0.525. The summed E-state index contributed by atoms with van der Waals surface area (Å²) in [7, 11) is 0. The average Bonchev–Trinajstić information content (AvgIpc) is 3.11. The summed E-state index contributed by atoms with van der Waals surface area (Å²) in [6.45, 7) is 3.81. The molecule has 28 heavy (non-hydrogen) atoms. The highest BCUT2D eigenvalue weighted by atomic mass is 16.6. The molecular formula is C24H24N2O2. The normalized spacial score (nSPS) is 13.7. The third-order valence-electron chi connectivity index (χ3n) is 5.10. The van der Waals surface area contributed by atoms with Crippen LogP contribution in [-0.4, -0.2) is 12.6 Å². The lowest BCUT2D eigenvalue weighted by Gasteiger charge is -2.20. The third kappa shape index (κ3) is 4.17. The second kappa shape index (κ2) is 8.17. The van der Waals surface area contributed by atoms with Gasteiger partial charge in [0.2, 0.25) is 0 Å². The first-order valence-electron chi connectivity index (χ1n) is 9.64. The maximum atomic E-state index is 12.3. The Morgan fingerprint density at radius 1 is 1.04 bits per heavy atom. The van der Waals surface area contributed by atoms with Crippen LogP contribution in [0.25, 0.3) is 0 Å². The molecule has 4 heteroatoms. The first-order chi connectivity index (χ1) is 13.7.